The summed E-state index contributed by atoms with van der Waals surface area (Å²) in [4.78, 5) is 0.962. The van der Waals surface area contributed by atoms with Gasteiger partial charge in [-0.1, -0.05) is 32.0 Å². The molecule has 0 nitrogen and oxygen atoms in total. The molecular weight excluding hydrogens is 360 g/mol. The molecule has 0 fully saturated rings. The third-order valence-electron chi connectivity index (χ3n) is 2.73. The first-order valence-electron chi connectivity index (χ1n) is 5.18. The number of benzene rings is 1. The highest BCUT2D eigenvalue weighted by Crippen LogP contribution is 2.82. The summed E-state index contributed by atoms with van der Waals surface area (Å²) in [5, 5.41) is 0. The first kappa shape index (κ1) is 13.3. The second-order valence-electron chi connectivity index (χ2n) is 4.22. The van der Waals surface area contributed by atoms with Crippen molar-refractivity contribution in [2.24, 2.45) is 5.92 Å². The largest absolute Gasteiger partial charge is 0.441 e. The minimum atomic E-state index is -4.18. The zero-order valence-corrected chi connectivity index (χ0v) is 12.4. The Morgan fingerprint density at radius 3 is 2.29 bits per heavy atom. The fourth-order valence-corrected chi connectivity index (χ4v) is 7.50. The van der Waals surface area contributed by atoms with Crippen molar-refractivity contribution in [3.63, 3.8) is 0 Å². The average molecular weight is 372 g/mol. The van der Waals surface area contributed by atoms with Gasteiger partial charge in [0.05, 0.1) is 0 Å². The van der Waals surface area contributed by atoms with Crippen molar-refractivity contribution in [2.45, 2.75) is 24.3 Å². The van der Waals surface area contributed by atoms with Gasteiger partial charge in [0.1, 0.15) is 0 Å². The standard InChI is InChI=1S/C12H12F3IS/c1-8(2)11-7-9-5-3-4-6-10(9)17(11,16)12(13,14)15/h3-8H,1-2H3. The van der Waals surface area contributed by atoms with E-state index >= 15 is 0 Å². The van der Waals surface area contributed by atoms with Crippen molar-refractivity contribution in [3.05, 3.63) is 34.7 Å². The molecule has 1 aromatic carbocycles. The maximum absolute atomic E-state index is 13.4. The maximum Gasteiger partial charge on any atom is 0.441 e. The van der Waals surface area contributed by atoms with Crippen molar-refractivity contribution in [1.29, 1.82) is 0 Å². The summed E-state index contributed by atoms with van der Waals surface area (Å²) in [5.41, 5.74) is -3.46. The van der Waals surface area contributed by atoms with E-state index in [1.807, 2.05) is 13.8 Å². The molecule has 1 atom stereocenters. The summed E-state index contributed by atoms with van der Waals surface area (Å²) >= 11 is 1.63. The van der Waals surface area contributed by atoms with E-state index in [-0.39, 0.29) is 5.92 Å². The molecule has 2 rings (SSSR count). The molecule has 1 aromatic rings. The molecule has 17 heavy (non-hydrogen) atoms. The Labute approximate surface area is 112 Å². The first-order valence-corrected chi connectivity index (χ1v) is 9.36. The number of rotatable bonds is 1. The van der Waals surface area contributed by atoms with Gasteiger partial charge in [0, 0.05) is 4.90 Å². The lowest BCUT2D eigenvalue weighted by Crippen LogP contribution is -2.17. The topological polar surface area (TPSA) is 0 Å². The van der Waals surface area contributed by atoms with Gasteiger partial charge < -0.3 is 0 Å². The van der Waals surface area contributed by atoms with Gasteiger partial charge in [-0.05, 0) is 56.9 Å². The van der Waals surface area contributed by atoms with Gasteiger partial charge in [-0.15, -0.1) is 0 Å². The summed E-state index contributed by atoms with van der Waals surface area (Å²) in [6, 6.07) is 6.83. The van der Waals surface area contributed by atoms with Crippen molar-refractivity contribution in [1.82, 2.24) is 0 Å². The van der Waals surface area contributed by atoms with Crippen LogP contribution in [0.5, 0.6) is 0 Å². The number of fused-ring (bicyclic) bond motifs is 1. The molecular formula is C12H12F3IS. The second-order valence-corrected chi connectivity index (χ2v) is 10.6. The van der Waals surface area contributed by atoms with Gasteiger partial charge in [0.2, 0.25) is 0 Å². The summed E-state index contributed by atoms with van der Waals surface area (Å²) in [7, 11) is -2.89. The van der Waals surface area contributed by atoms with Crippen molar-refractivity contribution < 1.29 is 13.2 Å². The van der Waals surface area contributed by atoms with E-state index < -0.39 is 12.7 Å². The molecule has 1 aliphatic heterocycles. The lowest BCUT2D eigenvalue weighted by molar-refractivity contribution is -0.0354. The van der Waals surface area contributed by atoms with Crippen LogP contribution in [-0.2, 0) is 0 Å². The van der Waals surface area contributed by atoms with Crippen molar-refractivity contribution >= 4 is 34.5 Å². The number of alkyl halides is 3. The van der Waals surface area contributed by atoms with E-state index in [0.29, 0.717) is 9.80 Å². The first-order chi connectivity index (χ1) is 7.78. The van der Waals surface area contributed by atoms with E-state index in [1.54, 1.807) is 51.5 Å². The number of halogens is 4. The molecule has 0 amide bonds. The molecule has 0 N–H and O–H groups in total. The molecule has 0 radical (unpaired) electrons. The van der Waals surface area contributed by atoms with Crippen LogP contribution in [-0.4, -0.2) is 5.51 Å². The van der Waals surface area contributed by atoms with Crippen LogP contribution in [0, 0.1) is 5.92 Å². The van der Waals surface area contributed by atoms with E-state index in [0.717, 1.165) is 5.56 Å². The average Bonchev–Trinajstić information content (AvgIpc) is 2.54. The molecule has 1 aliphatic rings. The van der Waals surface area contributed by atoms with Crippen molar-refractivity contribution in [3.8, 4) is 0 Å². The van der Waals surface area contributed by atoms with Crippen LogP contribution in [0.1, 0.15) is 19.4 Å². The maximum atomic E-state index is 13.4. The molecule has 0 aliphatic carbocycles. The SMILES string of the molecule is CC(C)C1=Cc2ccccc2S1(I)C(F)(F)F. The van der Waals surface area contributed by atoms with E-state index in [2.05, 4.69) is 0 Å². The smallest absolute Gasteiger partial charge is 0.160 e. The van der Waals surface area contributed by atoms with Crippen LogP contribution in [0.15, 0.2) is 34.1 Å². The third kappa shape index (κ3) is 1.91. The molecule has 0 saturated carbocycles. The summed E-state index contributed by atoms with van der Waals surface area (Å²) in [6.07, 6.45) is 1.72. The van der Waals surface area contributed by atoms with Crippen molar-refractivity contribution in [2.75, 3.05) is 0 Å². The number of hydrogen-bond donors (Lipinski definition) is 0. The zero-order valence-electron chi connectivity index (χ0n) is 9.38. The highest BCUT2D eigenvalue weighted by atomic mass is 127. The van der Waals surface area contributed by atoms with E-state index in [4.69, 9.17) is 0 Å². The Bertz CT molecular complexity index is 479. The van der Waals surface area contributed by atoms with Crippen LogP contribution in [0.2, 0.25) is 0 Å². The van der Waals surface area contributed by atoms with Gasteiger partial charge in [-0.2, -0.15) is 13.2 Å². The summed E-state index contributed by atoms with van der Waals surface area (Å²) in [6.45, 7) is 3.65. The normalized spacial score (nSPS) is 27.6. The molecule has 0 aromatic heterocycles. The fourth-order valence-electron chi connectivity index (χ4n) is 1.97. The van der Waals surface area contributed by atoms with Gasteiger partial charge in [0.15, 0.2) is 0 Å². The molecule has 1 unspecified atom stereocenters. The van der Waals surface area contributed by atoms with Crippen LogP contribution < -0.4 is 0 Å². The molecule has 0 bridgehead atoms. The molecule has 0 spiro atoms. The monoisotopic (exact) mass is 372 g/mol. The Morgan fingerprint density at radius 2 is 1.76 bits per heavy atom. The van der Waals surface area contributed by atoms with E-state index in [9.17, 15) is 13.2 Å². The molecule has 1 heterocycles. The minimum absolute atomic E-state index is 0.0871. The summed E-state index contributed by atoms with van der Waals surface area (Å²) in [5.74, 6) is -0.0871. The van der Waals surface area contributed by atoms with Crippen LogP contribution in [0.4, 0.5) is 13.2 Å². The minimum Gasteiger partial charge on any atom is -0.160 e. The lowest BCUT2D eigenvalue weighted by atomic mass is 10.1. The van der Waals surface area contributed by atoms with E-state index in [1.165, 1.54) is 0 Å². The molecule has 94 valence electrons. The van der Waals surface area contributed by atoms with Gasteiger partial charge in [0.25, 0.3) is 0 Å². The second kappa shape index (κ2) is 4.19. The lowest BCUT2D eigenvalue weighted by Gasteiger charge is -2.36. The number of hydrogen-bond acceptors (Lipinski definition) is 0. The Morgan fingerprint density at radius 1 is 1.18 bits per heavy atom. The number of allylic oxidation sites excluding steroid dienone is 1. The van der Waals surface area contributed by atoms with Crippen LogP contribution >= 0.6 is 28.4 Å². The van der Waals surface area contributed by atoms with Gasteiger partial charge in [-0.25, -0.2) is 0 Å². The Hall–Kier alpha value is -0.170. The third-order valence-corrected chi connectivity index (χ3v) is 10.0. The van der Waals surface area contributed by atoms with Gasteiger partial charge in [-0.3, -0.25) is 0 Å². The Balaban J connectivity index is 2.67. The van der Waals surface area contributed by atoms with Crippen LogP contribution in [0.25, 0.3) is 6.08 Å². The Kier molecular flexibility index (Phi) is 3.27. The fraction of sp³-hybridized carbons (Fsp3) is 0.333. The molecule has 0 saturated heterocycles. The van der Waals surface area contributed by atoms with Crippen LogP contribution in [0.3, 0.4) is 0 Å². The van der Waals surface area contributed by atoms with Gasteiger partial charge >= 0.3 is 5.51 Å². The highest BCUT2D eigenvalue weighted by molar-refractivity contribution is 14.2. The molecule has 5 heteroatoms. The highest BCUT2D eigenvalue weighted by Gasteiger charge is 2.55. The zero-order chi connectivity index (χ0) is 12.8. The quantitative estimate of drug-likeness (QED) is 0.553. The predicted octanol–water partition coefficient (Wildman–Crippen LogP) is 5.73. The summed E-state index contributed by atoms with van der Waals surface area (Å²) < 4.78 is 40.3. The predicted molar refractivity (Wildman–Crippen MR) is 75.2 cm³/mol.